The zero-order valence-corrected chi connectivity index (χ0v) is 16.4. The molecular formula is C19H28FN3O2S. The van der Waals surface area contributed by atoms with E-state index in [1.165, 1.54) is 24.7 Å². The Kier molecular flexibility index (Phi) is 6.64. The van der Waals surface area contributed by atoms with Crippen molar-refractivity contribution in [1.29, 1.82) is 0 Å². The molecule has 2 aliphatic rings. The Morgan fingerprint density at radius 3 is 3.04 bits per heavy atom. The van der Waals surface area contributed by atoms with E-state index < -0.39 is 0 Å². The van der Waals surface area contributed by atoms with Gasteiger partial charge >= 0.3 is 0 Å². The molecule has 0 aromatic heterocycles. The first-order valence-corrected chi connectivity index (χ1v) is 10.3. The third-order valence-electron chi connectivity index (χ3n) is 4.65. The Hall–Kier alpha value is -1.47. The van der Waals surface area contributed by atoms with Crippen LogP contribution in [0.1, 0.15) is 37.8 Å². The van der Waals surface area contributed by atoms with Crippen LogP contribution in [0.15, 0.2) is 17.1 Å². The van der Waals surface area contributed by atoms with E-state index in [2.05, 4.69) is 24.5 Å². The molecule has 0 spiro atoms. The third-order valence-corrected chi connectivity index (χ3v) is 6.18. The van der Waals surface area contributed by atoms with Crippen molar-refractivity contribution in [2.45, 2.75) is 44.5 Å². The predicted molar refractivity (Wildman–Crippen MR) is 104 cm³/mol. The minimum Gasteiger partial charge on any atom is -0.467 e. The largest absolute Gasteiger partial charge is 0.467 e. The number of guanidine groups is 1. The van der Waals surface area contributed by atoms with Crippen LogP contribution >= 0.6 is 11.8 Å². The van der Waals surface area contributed by atoms with Crippen LogP contribution in [0.2, 0.25) is 0 Å². The maximum absolute atomic E-state index is 13.8. The van der Waals surface area contributed by atoms with Crippen molar-refractivity contribution < 1.29 is 13.9 Å². The zero-order chi connectivity index (χ0) is 18.4. The lowest BCUT2D eigenvalue weighted by Gasteiger charge is -2.22. The van der Waals surface area contributed by atoms with Gasteiger partial charge in [-0.25, -0.2) is 4.39 Å². The summed E-state index contributed by atoms with van der Waals surface area (Å²) in [7, 11) is 0. The molecule has 0 saturated carbocycles. The van der Waals surface area contributed by atoms with Crippen molar-refractivity contribution in [3.63, 3.8) is 0 Å². The summed E-state index contributed by atoms with van der Waals surface area (Å²) in [5, 5.41) is 6.65. The molecule has 1 atom stereocenters. The highest BCUT2D eigenvalue weighted by Crippen LogP contribution is 2.37. The third kappa shape index (κ3) is 5.04. The van der Waals surface area contributed by atoms with Crippen LogP contribution in [0.25, 0.3) is 0 Å². The average Bonchev–Trinajstić information content (AvgIpc) is 3.06. The van der Waals surface area contributed by atoms with Crippen LogP contribution in [0, 0.1) is 5.82 Å². The molecule has 0 radical (unpaired) electrons. The van der Waals surface area contributed by atoms with Crippen LogP contribution in [0.4, 0.5) is 4.39 Å². The summed E-state index contributed by atoms with van der Waals surface area (Å²) in [6.45, 7) is 7.24. The highest BCUT2D eigenvalue weighted by molar-refractivity contribution is 8.00. The first-order chi connectivity index (χ1) is 12.6. The first kappa shape index (κ1) is 19.3. The van der Waals surface area contributed by atoms with Crippen molar-refractivity contribution in [2.75, 3.05) is 32.2 Å². The van der Waals surface area contributed by atoms with Crippen LogP contribution in [-0.4, -0.2) is 42.9 Å². The number of thioether (sulfide) groups is 1. The number of hydrogen-bond acceptors (Lipinski definition) is 4. The number of fused-ring (bicyclic) bond motifs is 1. The SMILES string of the molecule is CCNC(=NCC1(C)CCCS1)NCCc1cc(F)cc2c1OCOC2. The summed E-state index contributed by atoms with van der Waals surface area (Å²) < 4.78 is 24.9. The van der Waals surface area contributed by atoms with Gasteiger partial charge in [-0.1, -0.05) is 0 Å². The minimum atomic E-state index is -0.250. The van der Waals surface area contributed by atoms with Gasteiger partial charge in [-0.05, 0) is 56.6 Å². The number of nitrogens with zero attached hydrogens (tertiary/aromatic N) is 1. The van der Waals surface area contributed by atoms with E-state index in [1.807, 2.05) is 11.8 Å². The Morgan fingerprint density at radius 2 is 2.27 bits per heavy atom. The molecule has 1 aromatic rings. The van der Waals surface area contributed by atoms with Crippen LogP contribution in [0.3, 0.4) is 0 Å². The number of ether oxygens (including phenoxy) is 2. The summed E-state index contributed by atoms with van der Waals surface area (Å²) in [5.74, 6) is 2.55. The second-order valence-corrected chi connectivity index (χ2v) is 8.62. The number of hydrogen-bond donors (Lipinski definition) is 2. The molecule has 2 heterocycles. The van der Waals surface area contributed by atoms with Crippen LogP contribution in [0.5, 0.6) is 5.75 Å². The molecule has 26 heavy (non-hydrogen) atoms. The lowest BCUT2D eigenvalue weighted by molar-refractivity contribution is -0.0172. The van der Waals surface area contributed by atoms with Crippen molar-refractivity contribution >= 4 is 17.7 Å². The van der Waals surface area contributed by atoms with E-state index >= 15 is 0 Å². The molecular weight excluding hydrogens is 353 g/mol. The second-order valence-electron chi connectivity index (χ2n) is 6.94. The highest BCUT2D eigenvalue weighted by Gasteiger charge is 2.29. The van der Waals surface area contributed by atoms with E-state index in [-0.39, 0.29) is 17.4 Å². The maximum atomic E-state index is 13.8. The molecule has 1 unspecified atom stereocenters. The maximum Gasteiger partial charge on any atom is 0.191 e. The average molecular weight is 382 g/mol. The molecule has 7 heteroatoms. The van der Waals surface area contributed by atoms with Gasteiger partial charge in [-0.2, -0.15) is 11.8 Å². The molecule has 0 bridgehead atoms. The molecule has 144 valence electrons. The number of halogens is 1. The molecule has 2 aliphatic heterocycles. The van der Waals surface area contributed by atoms with E-state index in [9.17, 15) is 4.39 Å². The number of nitrogens with one attached hydrogen (secondary N) is 2. The smallest absolute Gasteiger partial charge is 0.191 e. The minimum absolute atomic E-state index is 0.222. The van der Waals surface area contributed by atoms with Gasteiger partial charge in [0.1, 0.15) is 11.6 Å². The molecule has 1 saturated heterocycles. The summed E-state index contributed by atoms with van der Waals surface area (Å²) in [6, 6.07) is 3.03. The van der Waals surface area contributed by atoms with Gasteiger partial charge < -0.3 is 20.1 Å². The predicted octanol–water partition coefficient (Wildman–Crippen LogP) is 3.08. The quantitative estimate of drug-likeness (QED) is 0.586. The number of rotatable bonds is 6. The van der Waals surface area contributed by atoms with Gasteiger partial charge in [0.15, 0.2) is 12.8 Å². The monoisotopic (exact) mass is 381 g/mol. The Labute approximate surface area is 159 Å². The number of aliphatic imine (C=N–C) groups is 1. The molecule has 5 nitrogen and oxygen atoms in total. The van der Waals surface area contributed by atoms with Gasteiger partial charge in [0.25, 0.3) is 0 Å². The second kappa shape index (κ2) is 8.95. The molecule has 3 rings (SSSR count). The number of benzene rings is 1. The summed E-state index contributed by atoms with van der Waals surface area (Å²) in [6.07, 6.45) is 3.15. The lowest BCUT2D eigenvalue weighted by Crippen LogP contribution is -2.39. The Morgan fingerprint density at radius 1 is 1.38 bits per heavy atom. The van der Waals surface area contributed by atoms with E-state index in [0.29, 0.717) is 19.6 Å². The van der Waals surface area contributed by atoms with Crippen LogP contribution < -0.4 is 15.4 Å². The summed E-state index contributed by atoms with van der Waals surface area (Å²) in [4.78, 5) is 4.75. The molecule has 0 aliphatic carbocycles. The Bertz CT molecular complexity index is 648. The molecule has 2 N–H and O–H groups in total. The first-order valence-electron chi connectivity index (χ1n) is 9.27. The van der Waals surface area contributed by atoms with Crippen molar-refractivity contribution in [2.24, 2.45) is 4.99 Å². The van der Waals surface area contributed by atoms with Gasteiger partial charge in [0.2, 0.25) is 0 Å². The fourth-order valence-electron chi connectivity index (χ4n) is 3.31. The van der Waals surface area contributed by atoms with E-state index in [0.717, 1.165) is 35.9 Å². The van der Waals surface area contributed by atoms with E-state index in [1.54, 1.807) is 6.07 Å². The molecule has 1 aromatic carbocycles. The molecule has 1 fully saturated rings. The van der Waals surface area contributed by atoms with Gasteiger partial charge in [-0.3, -0.25) is 4.99 Å². The summed E-state index contributed by atoms with van der Waals surface area (Å²) >= 11 is 2.01. The topological polar surface area (TPSA) is 54.9 Å². The fraction of sp³-hybridized carbons (Fsp3) is 0.632. The van der Waals surface area contributed by atoms with Crippen molar-refractivity contribution in [1.82, 2.24) is 10.6 Å². The highest BCUT2D eigenvalue weighted by atomic mass is 32.2. The van der Waals surface area contributed by atoms with Crippen molar-refractivity contribution in [3.05, 3.63) is 29.1 Å². The van der Waals surface area contributed by atoms with E-state index in [4.69, 9.17) is 14.5 Å². The van der Waals surface area contributed by atoms with Crippen LogP contribution in [-0.2, 0) is 17.8 Å². The molecule has 0 amide bonds. The standard InChI is InChI=1S/C19H28FN3O2S/c1-3-21-18(23-12-19(2)6-4-8-26-19)22-7-5-14-9-16(20)10-15-11-24-13-25-17(14)15/h9-10H,3-8,11-13H2,1-2H3,(H2,21,22,23). The van der Waals surface area contributed by atoms with Gasteiger partial charge in [-0.15, -0.1) is 0 Å². The zero-order valence-electron chi connectivity index (χ0n) is 15.6. The van der Waals surface area contributed by atoms with Gasteiger partial charge in [0.05, 0.1) is 13.2 Å². The normalized spacial score (nSPS) is 22.7. The Balaban J connectivity index is 1.59. The lowest BCUT2D eigenvalue weighted by atomic mass is 10.1. The van der Waals surface area contributed by atoms with Gasteiger partial charge in [0, 0.05) is 23.4 Å². The van der Waals surface area contributed by atoms with Crippen molar-refractivity contribution in [3.8, 4) is 5.75 Å². The summed E-state index contributed by atoms with van der Waals surface area (Å²) in [5.41, 5.74) is 1.64. The fourth-order valence-corrected chi connectivity index (χ4v) is 4.53.